The van der Waals surface area contributed by atoms with Gasteiger partial charge in [-0.05, 0) is 43.4 Å². The van der Waals surface area contributed by atoms with Crippen LogP contribution < -0.4 is 10.1 Å². The first-order valence-corrected chi connectivity index (χ1v) is 9.63. The van der Waals surface area contributed by atoms with Gasteiger partial charge in [0.2, 0.25) is 11.8 Å². The first kappa shape index (κ1) is 19.9. The third kappa shape index (κ3) is 5.58. The molecule has 2 amide bonds. The van der Waals surface area contributed by atoms with Crippen LogP contribution in [-0.4, -0.2) is 48.6 Å². The van der Waals surface area contributed by atoms with Crippen LogP contribution >= 0.6 is 0 Å². The minimum absolute atomic E-state index is 0.00856. The largest absolute Gasteiger partial charge is 0.497 e. The van der Waals surface area contributed by atoms with Gasteiger partial charge in [0.1, 0.15) is 11.5 Å². The second-order valence-corrected chi connectivity index (χ2v) is 7.29. The maximum Gasteiger partial charge on any atom is 0.230 e. The van der Waals surface area contributed by atoms with Gasteiger partial charge in [-0.25, -0.2) is 0 Å². The predicted molar refractivity (Wildman–Crippen MR) is 104 cm³/mol. The number of nitrogens with zero attached hydrogens (tertiary/aromatic N) is 2. The Morgan fingerprint density at radius 1 is 1.29 bits per heavy atom. The SMILES string of the molecule is COc1ccc(CC(=O)NC[C@H]2CCCN(C(=O)Cc3cc(C)no3)C2)cc1. The number of nitrogens with one attached hydrogen (secondary N) is 1. The highest BCUT2D eigenvalue weighted by molar-refractivity contribution is 5.79. The van der Waals surface area contributed by atoms with Crippen molar-refractivity contribution in [3.05, 3.63) is 47.3 Å². The van der Waals surface area contributed by atoms with Crippen LogP contribution in [0.2, 0.25) is 0 Å². The van der Waals surface area contributed by atoms with E-state index in [0.717, 1.165) is 36.4 Å². The van der Waals surface area contributed by atoms with E-state index in [4.69, 9.17) is 9.26 Å². The van der Waals surface area contributed by atoms with Gasteiger partial charge in [0, 0.05) is 25.7 Å². The Morgan fingerprint density at radius 2 is 2.07 bits per heavy atom. The Kier molecular flexibility index (Phi) is 6.68. The minimum Gasteiger partial charge on any atom is -0.497 e. The molecule has 0 unspecified atom stereocenters. The molecule has 1 aliphatic rings. The number of aromatic nitrogens is 1. The Hall–Kier alpha value is -2.83. The predicted octanol–water partition coefficient (Wildman–Crippen LogP) is 2.13. The van der Waals surface area contributed by atoms with Gasteiger partial charge in [-0.3, -0.25) is 9.59 Å². The molecule has 1 atom stereocenters. The molecule has 2 aromatic rings. The van der Waals surface area contributed by atoms with Crippen molar-refractivity contribution in [2.75, 3.05) is 26.7 Å². The average molecular weight is 385 g/mol. The number of rotatable bonds is 7. The zero-order chi connectivity index (χ0) is 19.9. The second kappa shape index (κ2) is 9.39. The van der Waals surface area contributed by atoms with Crippen LogP contribution in [0.25, 0.3) is 0 Å². The fourth-order valence-corrected chi connectivity index (χ4v) is 3.47. The summed E-state index contributed by atoms with van der Waals surface area (Å²) in [6.07, 6.45) is 2.52. The molecule has 3 rings (SSSR count). The highest BCUT2D eigenvalue weighted by Crippen LogP contribution is 2.17. The average Bonchev–Trinajstić information content (AvgIpc) is 3.12. The van der Waals surface area contributed by atoms with Gasteiger partial charge in [-0.1, -0.05) is 17.3 Å². The molecule has 7 heteroatoms. The molecule has 1 aromatic carbocycles. The number of aryl methyl sites for hydroxylation is 1. The van der Waals surface area contributed by atoms with Gasteiger partial charge < -0.3 is 19.5 Å². The van der Waals surface area contributed by atoms with Crippen LogP contribution in [0.3, 0.4) is 0 Å². The lowest BCUT2D eigenvalue weighted by Crippen LogP contribution is -2.44. The van der Waals surface area contributed by atoms with E-state index in [-0.39, 0.29) is 24.2 Å². The summed E-state index contributed by atoms with van der Waals surface area (Å²) in [7, 11) is 1.62. The Labute approximate surface area is 165 Å². The number of ether oxygens (including phenoxy) is 1. The summed E-state index contributed by atoms with van der Waals surface area (Å²) in [5.41, 5.74) is 1.72. The van der Waals surface area contributed by atoms with Crippen molar-refractivity contribution in [1.82, 2.24) is 15.4 Å². The van der Waals surface area contributed by atoms with Crippen molar-refractivity contribution in [3.8, 4) is 5.75 Å². The smallest absolute Gasteiger partial charge is 0.230 e. The maximum atomic E-state index is 12.5. The number of carbonyl (C=O) groups excluding carboxylic acids is 2. The summed E-state index contributed by atoms with van der Waals surface area (Å²) >= 11 is 0. The van der Waals surface area contributed by atoms with E-state index in [9.17, 15) is 9.59 Å². The molecule has 0 bridgehead atoms. The van der Waals surface area contributed by atoms with E-state index in [1.807, 2.05) is 36.1 Å². The number of likely N-dealkylation sites (tertiary alicyclic amines) is 1. The van der Waals surface area contributed by atoms with Crippen molar-refractivity contribution < 1.29 is 18.8 Å². The molecule has 7 nitrogen and oxygen atoms in total. The third-order valence-corrected chi connectivity index (χ3v) is 4.99. The summed E-state index contributed by atoms with van der Waals surface area (Å²) in [5.74, 6) is 1.68. The van der Waals surface area contributed by atoms with E-state index < -0.39 is 0 Å². The summed E-state index contributed by atoms with van der Waals surface area (Å²) < 4.78 is 10.3. The van der Waals surface area contributed by atoms with E-state index in [2.05, 4.69) is 10.5 Å². The summed E-state index contributed by atoms with van der Waals surface area (Å²) in [6, 6.07) is 9.28. The van der Waals surface area contributed by atoms with Crippen LogP contribution in [0.5, 0.6) is 5.75 Å². The van der Waals surface area contributed by atoms with Crippen LogP contribution in [-0.2, 0) is 22.4 Å². The van der Waals surface area contributed by atoms with Crippen molar-refractivity contribution >= 4 is 11.8 Å². The lowest BCUT2D eigenvalue weighted by Gasteiger charge is -2.32. The fourth-order valence-electron chi connectivity index (χ4n) is 3.47. The highest BCUT2D eigenvalue weighted by Gasteiger charge is 2.24. The van der Waals surface area contributed by atoms with Crippen molar-refractivity contribution in [3.63, 3.8) is 0 Å². The monoisotopic (exact) mass is 385 g/mol. The molecule has 1 aliphatic heterocycles. The van der Waals surface area contributed by atoms with Gasteiger partial charge >= 0.3 is 0 Å². The molecule has 0 saturated carbocycles. The van der Waals surface area contributed by atoms with Crippen molar-refractivity contribution in [2.45, 2.75) is 32.6 Å². The Balaban J connectivity index is 1.43. The summed E-state index contributed by atoms with van der Waals surface area (Å²) in [5, 5.41) is 6.83. The quantitative estimate of drug-likeness (QED) is 0.789. The highest BCUT2D eigenvalue weighted by atomic mass is 16.5. The summed E-state index contributed by atoms with van der Waals surface area (Å²) in [4.78, 5) is 26.6. The molecule has 1 fully saturated rings. The van der Waals surface area contributed by atoms with Gasteiger partial charge in [-0.15, -0.1) is 0 Å². The second-order valence-electron chi connectivity index (χ2n) is 7.29. The molecule has 0 aliphatic carbocycles. The van der Waals surface area contributed by atoms with Crippen molar-refractivity contribution in [1.29, 1.82) is 0 Å². The number of piperidine rings is 1. The molecule has 1 N–H and O–H groups in total. The zero-order valence-electron chi connectivity index (χ0n) is 16.4. The molecule has 28 heavy (non-hydrogen) atoms. The van der Waals surface area contributed by atoms with Crippen LogP contribution in [0.4, 0.5) is 0 Å². The van der Waals surface area contributed by atoms with Crippen LogP contribution in [0.1, 0.15) is 29.9 Å². The van der Waals surface area contributed by atoms with E-state index >= 15 is 0 Å². The maximum absolute atomic E-state index is 12.5. The molecular formula is C21H27N3O4. The normalized spacial score (nSPS) is 16.6. The van der Waals surface area contributed by atoms with Gasteiger partial charge in [-0.2, -0.15) is 0 Å². The Bertz CT molecular complexity index is 800. The topological polar surface area (TPSA) is 84.7 Å². The van der Waals surface area contributed by atoms with Gasteiger partial charge in [0.05, 0.1) is 25.6 Å². The molecular weight excluding hydrogens is 358 g/mol. The van der Waals surface area contributed by atoms with Gasteiger partial charge in [0.15, 0.2) is 0 Å². The number of hydrogen-bond donors (Lipinski definition) is 1. The number of methoxy groups -OCH3 is 1. The lowest BCUT2D eigenvalue weighted by atomic mass is 9.97. The fraction of sp³-hybridized carbons (Fsp3) is 0.476. The molecule has 2 heterocycles. The lowest BCUT2D eigenvalue weighted by molar-refractivity contribution is -0.132. The molecule has 0 spiro atoms. The van der Waals surface area contributed by atoms with Gasteiger partial charge in [0.25, 0.3) is 0 Å². The van der Waals surface area contributed by atoms with E-state index in [1.165, 1.54) is 0 Å². The first-order chi connectivity index (χ1) is 13.5. The minimum atomic E-state index is -0.00856. The summed E-state index contributed by atoms with van der Waals surface area (Å²) in [6.45, 7) is 3.83. The van der Waals surface area contributed by atoms with Crippen LogP contribution in [0, 0.1) is 12.8 Å². The molecule has 1 saturated heterocycles. The number of benzene rings is 1. The molecule has 1 aromatic heterocycles. The standard InChI is InChI=1S/C21H27N3O4/c1-15-10-19(28-23-15)12-21(26)24-9-3-4-17(14-24)13-22-20(25)11-16-5-7-18(27-2)8-6-16/h5-8,10,17H,3-4,9,11-14H2,1-2H3,(H,22,25)/t17-/m1/s1. The van der Waals surface area contributed by atoms with Crippen LogP contribution in [0.15, 0.2) is 34.9 Å². The molecule has 0 radical (unpaired) electrons. The third-order valence-electron chi connectivity index (χ3n) is 4.99. The Morgan fingerprint density at radius 3 is 2.75 bits per heavy atom. The number of amides is 2. The molecule has 150 valence electrons. The first-order valence-electron chi connectivity index (χ1n) is 9.63. The van der Waals surface area contributed by atoms with Crippen molar-refractivity contribution in [2.24, 2.45) is 5.92 Å². The van der Waals surface area contributed by atoms with E-state index in [1.54, 1.807) is 13.2 Å². The number of hydrogen-bond acceptors (Lipinski definition) is 5. The van der Waals surface area contributed by atoms with E-state index in [0.29, 0.717) is 25.3 Å². The number of carbonyl (C=O) groups is 2. The zero-order valence-corrected chi connectivity index (χ0v) is 16.4.